The number of nitrogens with two attached hydrogens (primary N) is 1. The minimum Gasteiger partial charge on any atom is -0.491 e. The molecule has 104 valence electrons. The summed E-state index contributed by atoms with van der Waals surface area (Å²) in [7, 11) is 0. The molecular formula is C15H21FN2O. The van der Waals surface area contributed by atoms with Crippen LogP contribution in [0.2, 0.25) is 0 Å². The molecule has 4 heteroatoms. The molecule has 0 aliphatic rings. The van der Waals surface area contributed by atoms with Crippen molar-refractivity contribution in [1.82, 2.24) is 0 Å². The fraction of sp³-hybridized carbons (Fsp3) is 0.533. The SMILES string of the molecule is Cc1cc(OCCCCC(C)(C)C#N)c(F)cc1N. The van der Waals surface area contributed by atoms with Crippen LogP contribution in [-0.2, 0) is 0 Å². The van der Waals surface area contributed by atoms with E-state index >= 15 is 0 Å². The van der Waals surface area contributed by atoms with Crippen molar-refractivity contribution >= 4 is 5.69 Å². The average Bonchev–Trinajstić information content (AvgIpc) is 2.35. The van der Waals surface area contributed by atoms with Gasteiger partial charge in [0.25, 0.3) is 0 Å². The van der Waals surface area contributed by atoms with Crippen molar-refractivity contribution in [3.63, 3.8) is 0 Å². The Kier molecular flexibility index (Phi) is 5.17. The average molecular weight is 264 g/mol. The highest BCUT2D eigenvalue weighted by Gasteiger charge is 2.15. The zero-order chi connectivity index (χ0) is 14.5. The Morgan fingerprint density at radius 2 is 2.05 bits per heavy atom. The highest BCUT2D eigenvalue weighted by molar-refractivity contribution is 5.50. The van der Waals surface area contributed by atoms with Crippen LogP contribution in [0.3, 0.4) is 0 Å². The molecule has 2 N–H and O–H groups in total. The van der Waals surface area contributed by atoms with E-state index in [0.717, 1.165) is 24.8 Å². The lowest BCUT2D eigenvalue weighted by molar-refractivity contribution is 0.282. The smallest absolute Gasteiger partial charge is 0.167 e. The van der Waals surface area contributed by atoms with Crippen LogP contribution >= 0.6 is 0 Å². The molecule has 0 amide bonds. The summed E-state index contributed by atoms with van der Waals surface area (Å²) in [6.45, 7) is 6.09. The van der Waals surface area contributed by atoms with E-state index in [9.17, 15) is 4.39 Å². The van der Waals surface area contributed by atoms with Crippen molar-refractivity contribution in [2.24, 2.45) is 5.41 Å². The number of halogens is 1. The Hall–Kier alpha value is -1.76. The standard InChI is InChI=1S/C15H21FN2O/c1-11-8-14(12(16)9-13(11)18)19-7-5-4-6-15(2,3)10-17/h8-9H,4-7,18H2,1-3H3. The summed E-state index contributed by atoms with van der Waals surface area (Å²) in [5.41, 5.74) is 6.54. The molecule has 0 radical (unpaired) electrons. The molecule has 1 rings (SSSR count). The number of rotatable bonds is 6. The Bertz CT molecular complexity index is 478. The highest BCUT2D eigenvalue weighted by atomic mass is 19.1. The van der Waals surface area contributed by atoms with Gasteiger partial charge < -0.3 is 10.5 Å². The molecule has 0 aromatic heterocycles. The summed E-state index contributed by atoms with van der Waals surface area (Å²) in [6, 6.07) is 5.15. The number of anilines is 1. The zero-order valence-electron chi connectivity index (χ0n) is 11.8. The zero-order valence-corrected chi connectivity index (χ0v) is 11.8. The number of aryl methyl sites for hydroxylation is 1. The molecule has 1 aromatic carbocycles. The van der Waals surface area contributed by atoms with Crippen molar-refractivity contribution in [3.8, 4) is 11.8 Å². The van der Waals surface area contributed by atoms with Gasteiger partial charge in [-0.1, -0.05) is 0 Å². The maximum Gasteiger partial charge on any atom is 0.167 e. The summed E-state index contributed by atoms with van der Waals surface area (Å²) < 4.78 is 18.9. The van der Waals surface area contributed by atoms with Gasteiger partial charge in [0, 0.05) is 11.8 Å². The van der Waals surface area contributed by atoms with Gasteiger partial charge in [-0.2, -0.15) is 5.26 Å². The third kappa shape index (κ3) is 4.78. The van der Waals surface area contributed by atoms with Gasteiger partial charge in [0.1, 0.15) is 0 Å². The first-order valence-electron chi connectivity index (χ1n) is 6.45. The topological polar surface area (TPSA) is 59.0 Å². The van der Waals surface area contributed by atoms with Crippen LogP contribution in [0.15, 0.2) is 12.1 Å². The molecule has 0 unspecified atom stereocenters. The van der Waals surface area contributed by atoms with Gasteiger partial charge in [-0.3, -0.25) is 0 Å². The molecule has 19 heavy (non-hydrogen) atoms. The van der Waals surface area contributed by atoms with Gasteiger partial charge in [0.2, 0.25) is 0 Å². The third-order valence-corrected chi connectivity index (χ3v) is 3.08. The largest absolute Gasteiger partial charge is 0.491 e. The van der Waals surface area contributed by atoms with Crippen LogP contribution in [0, 0.1) is 29.5 Å². The Morgan fingerprint density at radius 3 is 2.68 bits per heavy atom. The second kappa shape index (κ2) is 6.42. The van der Waals surface area contributed by atoms with Crippen molar-refractivity contribution in [3.05, 3.63) is 23.5 Å². The quantitative estimate of drug-likeness (QED) is 0.627. The lowest BCUT2D eigenvalue weighted by Crippen LogP contribution is -2.08. The van der Waals surface area contributed by atoms with E-state index in [1.54, 1.807) is 6.07 Å². The van der Waals surface area contributed by atoms with Crippen LogP contribution in [0.4, 0.5) is 10.1 Å². The number of ether oxygens (including phenoxy) is 1. The summed E-state index contributed by atoms with van der Waals surface area (Å²) in [5, 5.41) is 8.88. The molecule has 1 aromatic rings. The maximum absolute atomic E-state index is 13.5. The number of hydrogen-bond acceptors (Lipinski definition) is 3. The normalized spacial score (nSPS) is 11.1. The van der Waals surface area contributed by atoms with Gasteiger partial charge in [0.15, 0.2) is 11.6 Å². The second-order valence-electron chi connectivity index (χ2n) is 5.44. The van der Waals surface area contributed by atoms with Crippen molar-refractivity contribution in [1.29, 1.82) is 5.26 Å². The lowest BCUT2D eigenvalue weighted by atomic mass is 9.89. The van der Waals surface area contributed by atoms with Gasteiger partial charge >= 0.3 is 0 Å². The first-order valence-corrected chi connectivity index (χ1v) is 6.45. The molecule has 0 saturated heterocycles. The van der Waals surface area contributed by atoms with Gasteiger partial charge in [-0.25, -0.2) is 4.39 Å². The van der Waals surface area contributed by atoms with Crippen LogP contribution in [-0.4, -0.2) is 6.61 Å². The molecule has 0 heterocycles. The molecule has 0 spiro atoms. The second-order valence-corrected chi connectivity index (χ2v) is 5.44. The van der Waals surface area contributed by atoms with Crippen LogP contribution in [0.25, 0.3) is 0 Å². The number of hydrogen-bond donors (Lipinski definition) is 1. The van der Waals surface area contributed by atoms with E-state index in [4.69, 9.17) is 15.7 Å². The first kappa shape index (κ1) is 15.3. The number of unbranched alkanes of at least 4 members (excludes halogenated alkanes) is 1. The van der Waals surface area contributed by atoms with Crippen LogP contribution < -0.4 is 10.5 Å². The predicted molar refractivity (Wildman–Crippen MR) is 74.3 cm³/mol. The minimum atomic E-state index is -0.430. The fourth-order valence-corrected chi connectivity index (χ4v) is 1.69. The van der Waals surface area contributed by atoms with E-state index in [2.05, 4.69) is 6.07 Å². The van der Waals surface area contributed by atoms with Crippen molar-refractivity contribution in [2.75, 3.05) is 12.3 Å². The number of nitrogen functional groups attached to an aromatic ring is 1. The van der Waals surface area contributed by atoms with Crippen LogP contribution in [0.5, 0.6) is 5.75 Å². The highest BCUT2D eigenvalue weighted by Crippen LogP contribution is 2.24. The molecule has 0 atom stereocenters. The molecule has 0 saturated carbocycles. The summed E-state index contributed by atoms with van der Waals surface area (Å²) >= 11 is 0. The van der Waals surface area contributed by atoms with Crippen molar-refractivity contribution < 1.29 is 9.13 Å². The van der Waals surface area contributed by atoms with Crippen molar-refractivity contribution in [2.45, 2.75) is 40.0 Å². The third-order valence-electron chi connectivity index (χ3n) is 3.08. The monoisotopic (exact) mass is 264 g/mol. The van der Waals surface area contributed by atoms with Gasteiger partial charge in [-0.15, -0.1) is 0 Å². The number of nitrogens with zero attached hydrogens (tertiary/aromatic N) is 1. The fourth-order valence-electron chi connectivity index (χ4n) is 1.69. The Labute approximate surface area is 114 Å². The Balaban J connectivity index is 2.39. The lowest BCUT2D eigenvalue weighted by Gasteiger charge is -2.14. The summed E-state index contributed by atoms with van der Waals surface area (Å²) in [6.07, 6.45) is 2.50. The van der Waals surface area contributed by atoms with E-state index < -0.39 is 5.82 Å². The summed E-state index contributed by atoms with van der Waals surface area (Å²) in [5.74, 6) is -0.188. The number of benzene rings is 1. The number of nitriles is 1. The molecule has 0 aliphatic carbocycles. The minimum absolute atomic E-state index is 0.242. The van der Waals surface area contributed by atoms with E-state index in [0.29, 0.717) is 12.3 Å². The molecular weight excluding hydrogens is 243 g/mol. The van der Waals surface area contributed by atoms with E-state index in [-0.39, 0.29) is 11.2 Å². The maximum atomic E-state index is 13.5. The van der Waals surface area contributed by atoms with E-state index in [1.165, 1.54) is 6.07 Å². The predicted octanol–water partition coefficient (Wildman–Crippen LogP) is 3.82. The van der Waals surface area contributed by atoms with Gasteiger partial charge in [-0.05, 0) is 51.7 Å². The molecule has 0 fully saturated rings. The molecule has 0 bridgehead atoms. The summed E-state index contributed by atoms with van der Waals surface area (Å²) in [4.78, 5) is 0. The first-order chi connectivity index (χ1) is 8.85. The van der Waals surface area contributed by atoms with Gasteiger partial charge in [0.05, 0.1) is 18.1 Å². The van der Waals surface area contributed by atoms with Crippen LogP contribution in [0.1, 0.15) is 38.7 Å². The Morgan fingerprint density at radius 1 is 1.37 bits per heavy atom. The van der Waals surface area contributed by atoms with E-state index in [1.807, 2.05) is 20.8 Å². The molecule has 0 aliphatic heterocycles. The molecule has 3 nitrogen and oxygen atoms in total.